The molecule has 21 heavy (non-hydrogen) atoms. The summed E-state index contributed by atoms with van der Waals surface area (Å²) in [5.41, 5.74) is 0.758. The fourth-order valence-electron chi connectivity index (χ4n) is 2.00. The van der Waals surface area contributed by atoms with Gasteiger partial charge in [0.25, 0.3) is 0 Å². The normalized spacial score (nSPS) is 11.0. The molecule has 112 valence electrons. The van der Waals surface area contributed by atoms with E-state index in [1.165, 1.54) is 0 Å². The van der Waals surface area contributed by atoms with Crippen molar-refractivity contribution >= 4 is 5.82 Å². The van der Waals surface area contributed by atoms with Crippen molar-refractivity contribution < 1.29 is 13.2 Å². The first-order chi connectivity index (χ1) is 9.85. The smallest absolute Gasteiger partial charge is 0.161 e. The highest BCUT2D eigenvalue weighted by Crippen LogP contribution is 2.30. The summed E-state index contributed by atoms with van der Waals surface area (Å²) in [5.74, 6) is -2.13. The summed E-state index contributed by atoms with van der Waals surface area (Å²) in [6.07, 6.45) is 0. The van der Waals surface area contributed by atoms with Crippen molar-refractivity contribution in [3.8, 4) is 11.3 Å². The summed E-state index contributed by atoms with van der Waals surface area (Å²) in [4.78, 5) is 8.64. The van der Waals surface area contributed by atoms with Gasteiger partial charge in [-0.3, -0.25) is 0 Å². The zero-order chi connectivity index (χ0) is 15.7. The molecule has 1 aromatic carbocycles. The minimum Gasteiger partial charge on any atom is -0.373 e. The van der Waals surface area contributed by atoms with Crippen LogP contribution in [0, 0.1) is 24.4 Å². The molecule has 0 saturated heterocycles. The van der Waals surface area contributed by atoms with Crippen LogP contribution in [0.4, 0.5) is 19.0 Å². The summed E-state index contributed by atoms with van der Waals surface area (Å²) in [5, 5.41) is 2.90. The minimum absolute atomic E-state index is 0.0183. The Labute approximate surface area is 121 Å². The van der Waals surface area contributed by atoms with Crippen LogP contribution in [-0.2, 0) is 0 Å². The van der Waals surface area contributed by atoms with E-state index >= 15 is 0 Å². The van der Waals surface area contributed by atoms with Gasteiger partial charge in [-0.05, 0) is 13.0 Å². The monoisotopic (exact) mass is 295 g/mol. The molecular weight excluding hydrogens is 279 g/mol. The van der Waals surface area contributed by atoms with Crippen LogP contribution in [-0.4, -0.2) is 17.0 Å². The number of nitrogens with zero attached hydrogens (tertiary/aromatic N) is 2. The molecule has 0 spiro atoms. The Balaban J connectivity index is 2.73. The van der Waals surface area contributed by atoms with Gasteiger partial charge in [-0.15, -0.1) is 0 Å². The Hall–Kier alpha value is -2.11. The van der Waals surface area contributed by atoms with Gasteiger partial charge in [0.1, 0.15) is 17.5 Å². The quantitative estimate of drug-likeness (QED) is 0.869. The first-order valence-corrected chi connectivity index (χ1v) is 6.56. The molecule has 1 N–H and O–H groups in total. The molecule has 0 saturated carbocycles. The Morgan fingerprint density at radius 3 is 2.19 bits per heavy atom. The van der Waals surface area contributed by atoms with Crippen molar-refractivity contribution in [2.24, 2.45) is 0 Å². The molecule has 0 aliphatic heterocycles. The number of hydrogen-bond donors (Lipinski definition) is 1. The molecular formula is C15H16F3N3. The highest BCUT2D eigenvalue weighted by Gasteiger charge is 2.18. The van der Waals surface area contributed by atoms with Gasteiger partial charge in [-0.25, -0.2) is 23.1 Å². The van der Waals surface area contributed by atoms with Gasteiger partial charge in [0.15, 0.2) is 11.6 Å². The molecule has 0 atom stereocenters. The van der Waals surface area contributed by atoms with E-state index in [9.17, 15) is 13.2 Å². The van der Waals surface area contributed by atoms with Crippen molar-refractivity contribution in [3.05, 3.63) is 41.0 Å². The molecule has 0 amide bonds. The summed E-state index contributed by atoms with van der Waals surface area (Å²) >= 11 is 0. The molecule has 1 aromatic heterocycles. The second-order valence-corrected chi connectivity index (χ2v) is 5.05. The highest BCUT2D eigenvalue weighted by molar-refractivity contribution is 5.68. The van der Waals surface area contributed by atoms with E-state index in [1.54, 1.807) is 14.0 Å². The van der Waals surface area contributed by atoms with Gasteiger partial charge in [0.2, 0.25) is 0 Å². The lowest BCUT2D eigenvalue weighted by atomic mass is 10.0. The number of nitrogens with one attached hydrogen (secondary N) is 1. The maximum absolute atomic E-state index is 14.0. The number of hydrogen-bond acceptors (Lipinski definition) is 3. The molecule has 0 aliphatic carbocycles. The first-order valence-electron chi connectivity index (χ1n) is 6.56. The van der Waals surface area contributed by atoms with Crippen molar-refractivity contribution in [2.75, 3.05) is 12.4 Å². The van der Waals surface area contributed by atoms with Crippen molar-refractivity contribution in [3.63, 3.8) is 0 Å². The third-order valence-electron chi connectivity index (χ3n) is 3.18. The second kappa shape index (κ2) is 5.71. The van der Waals surface area contributed by atoms with Crippen LogP contribution in [0.2, 0.25) is 0 Å². The molecule has 0 bridgehead atoms. The van der Waals surface area contributed by atoms with Crippen LogP contribution in [0.15, 0.2) is 12.1 Å². The molecule has 0 fully saturated rings. The third kappa shape index (κ3) is 2.84. The minimum atomic E-state index is -1.22. The van der Waals surface area contributed by atoms with E-state index in [0.717, 1.165) is 6.07 Å². The number of anilines is 1. The predicted octanol–water partition coefficient (Wildman–Crippen LogP) is 4.03. The van der Waals surface area contributed by atoms with Gasteiger partial charge >= 0.3 is 0 Å². The Kier molecular flexibility index (Phi) is 4.16. The van der Waals surface area contributed by atoms with Crippen molar-refractivity contribution in [1.29, 1.82) is 0 Å². The number of halogens is 3. The zero-order valence-corrected chi connectivity index (χ0v) is 12.3. The molecule has 2 rings (SSSR count). The van der Waals surface area contributed by atoms with Crippen LogP contribution < -0.4 is 5.32 Å². The summed E-state index contributed by atoms with van der Waals surface area (Å²) < 4.78 is 40.5. The number of benzene rings is 1. The Bertz CT molecular complexity index is 684. The van der Waals surface area contributed by atoms with Crippen LogP contribution in [0.3, 0.4) is 0 Å². The molecule has 3 nitrogen and oxygen atoms in total. The Morgan fingerprint density at radius 2 is 1.62 bits per heavy atom. The molecule has 0 unspecified atom stereocenters. The SMILES string of the molecule is CNc1nc(C(C)C)nc(-c2cc(F)c(F)cc2F)c1C. The van der Waals surface area contributed by atoms with Crippen LogP contribution >= 0.6 is 0 Å². The van der Waals surface area contributed by atoms with Crippen LogP contribution in [0.1, 0.15) is 31.2 Å². The van der Waals surface area contributed by atoms with E-state index in [4.69, 9.17) is 0 Å². The Morgan fingerprint density at radius 1 is 1.00 bits per heavy atom. The maximum Gasteiger partial charge on any atom is 0.161 e. The van der Waals surface area contributed by atoms with E-state index in [-0.39, 0.29) is 17.2 Å². The summed E-state index contributed by atoms with van der Waals surface area (Å²) in [6, 6.07) is 1.35. The number of rotatable bonds is 3. The van der Waals surface area contributed by atoms with Crippen LogP contribution in [0.25, 0.3) is 11.3 Å². The average molecular weight is 295 g/mol. The second-order valence-electron chi connectivity index (χ2n) is 5.05. The van der Waals surface area contributed by atoms with Gasteiger partial charge in [0.05, 0.1) is 5.69 Å². The molecule has 1 heterocycles. The first kappa shape index (κ1) is 15.3. The largest absolute Gasteiger partial charge is 0.373 e. The maximum atomic E-state index is 14.0. The molecule has 0 radical (unpaired) electrons. The lowest BCUT2D eigenvalue weighted by Crippen LogP contribution is -2.07. The third-order valence-corrected chi connectivity index (χ3v) is 3.18. The average Bonchev–Trinajstić information content (AvgIpc) is 2.43. The lowest BCUT2D eigenvalue weighted by Gasteiger charge is -2.14. The van der Waals surface area contributed by atoms with E-state index in [2.05, 4.69) is 15.3 Å². The molecule has 0 aliphatic rings. The molecule has 2 aromatic rings. The topological polar surface area (TPSA) is 37.8 Å². The number of aromatic nitrogens is 2. The van der Waals surface area contributed by atoms with E-state index < -0.39 is 17.5 Å². The highest BCUT2D eigenvalue weighted by atomic mass is 19.2. The van der Waals surface area contributed by atoms with Crippen LogP contribution in [0.5, 0.6) is 0 Å². The van der Waals surface area contributed by atoms with Crippen molar-refractivity contribution in [1.82, 2.24) is 9.97 Å². The predicted molar refractivity (Wildman–Crippen MR) is 75.7 cm³/mol. The van der Waals surface area contributed by atoms with Gasteiger partial charge in [-0.2, -0.15) is 0 Å². The summed E-state index contributed by atoms with van der Waals surface area (Å²) in [6.45, 7) is 5.50. The fraction of sp³-hybridized carbons (Fsp3) is 0.333. The summed E-state index contributed by atoms with van der Waals surface area (Å²) in [7, 11) is 1.69. The van der Waals surface area contributed by atoms with Gasteiger partial charge < -0.3 is 5.32 Å². The lowest BCUT2D eigenvalue weighted by molar-refractivity contribution is 0.496. The van der Waals surface area contributed by atoms with Gasteiger partial charge in [0, 0.05) is 30.2 Å². The van der Waals surface area contributed by atoms with Crippen molar-refractivity contribution in [2.45, 2.75) is 26.7 Å². The zero-order valence-electron chi connectivity index (χ0n) is 12.3. The van der Waals surface area contributed by atoms with E-state index in [0.29, 0.717) is 23.3 Å². The van der Waals surface area contributed by atoms with Gasteiger partial charge in [-0.1, -0.05) is 13.8 Å². The standard InChI is InChI=1S/C15H16F3N3/c1-7(2)14-20-13(8(3)15(19-4)21-14)9-5-11(17)12(18)6-10(9)16/h5-7H,1-4H3,(H,19,20,21). The van der Waals surface area contributed by atoms with E-state index in [1.807, 2.05) is 13.8 Å². The fourth-order valence-corrected chi connectivity index (χ4v) is 2.00. The molecule has 6 heteroatoms.